The molecule has 0 saturated carbocycles. The van der Waals surface area contributed by atoms with E-state index in [1.165, 1.54) is 0 Å². The van der Waals surface area contributed by atoms with Crippen LogP contribution in [0.15, 0.2) is 18.2 Å². The minimum atomic E-state index is 0.580. The molecule has 0 saturated heterocycles. The van der Waals surface area contributed by atoms with Gasteiger partial charge in [0.05, 0.1) is 11.6 Å². The van der Waals surface area contributed by atoms with Crippen molar-refractivity contribution in [1.29, 1.82) is 0 Å². The smallest absolute Gasteiger partial charge is 0.138 e. The van der Waals surface area contributed by atoms with Crippen molar-refractivity contribution in [2.24, 2.45) is 0 Å². The molecule has 1 rings (SSSR count). The van der Waals surface area contributed by atoms with E-state index < -0.39 is 0 Å². The van der Waals surface area contributed by atoms with E-state index >= 15 is 0 Å². The van der Waals surface area contributed by atoms with Crippen LogP contribution in [-0.4, -0.2) is 6.61 Å². The number of hydrogen-bond donors (Lipinski definition) is 1. The van der Waals surface area contributed by atoms with Gasteiger partial charge in [0.2, 0.25) is 0 Å². The van der Waals surface area contributed by atoms with Gasteiger partial charge in [-0.2, -0.15) is 0 Å². The number of hydrogen-bond acceptors (Lipinski definition) is 2. The highest BCUT2D eigenvalue weighted by Crippen LogP contribution is 2.26. The lowest BCUT2D eigenvalue weighted by Crippen LogP contribution is -1.97. The van der Waals surface area contributed by atoms with Crippen LogP contribution in [0, 0.1) is 0 Å². The summed E-state index contributed by atoms with van der Waals surface area (Å²) in [4.78, 5) is 0. The third-order valence-corrected chi connectivity index (χ3v) is 2.01. The summed E-state index contributed by atoms with van der Waals surface area (Å²) >= 11 is 5.90. The average molecular weight is 200 g/mol. The van der Waals surface area contributed by atoms with Gasteiger partial charge in [-0.15, -0.1) is 0 Å². The van der Waals surface area contributed by atoms with Gasteiger partial charge >= 0.3 is 0 Å². The number of nitrogen functional groups attached to an aromatic ring is 1. The SMILES string of the molecule is CCCCOc1ccc(N)cc1Cl. The second kappa shape index (κ2) is 4.97. The van der Waals surface area contributed by atoms with Crippen LogP contribution in [0.5, 0.6) is 5.75 Å². The molecule has 0 unspecified atom stereocenters. The molecule has 3 heteroatoms. The molecule has 2 N–H and O–H groups in total. The monoisotopic (exact) mass is 199 g/mol. The lowest BCUT2D eigenvalue weighted by Gasteiger charge is -2.07. The van der Waals surface area contributed by atoms with Crippen LogP contribution in [0.4, 0.5) is 5.69 Å². The number of halogens is 1. The van der Waals surface area contributed by atoms with Crippen LogP contribution in [0.2, 0.25) is 5.02 Å². The van der Waals surface area contributed by atoms with Gasteiger partial charge in [-0.1, -0.05) is 24.9 Å². The number of anilines is 1. The highest BCUT2D eigenvalue weighted by atomic mass is 35.5. The fourth-order valence-corrected chi connectivity index (χ4v) is 1.20. The molecule has 0 aromatic heterocycles. The Kier molecular flexibility index (Phi) is 3.90. The highest BCUT2D eigenvalue weighted by molar-refractivity contribution is 6.32. The molecule has 72 valence electrons. The fraction of sp³-hybridized carbons (Fsp3) is 0.400. The molecule has 0 amide bonds. The molecule has 0 spiro atoms. The van der Waals surface area contributed by atoms with Gasteiger partial charge in [0.25, 0.3) is 0 Å². The van der Waals surface area contributed by atoms with E-state index in [0.717, 1.165) is 12.8 Å². The van der Waals surface area contributed by atoms with Crippen molar-refractivity contribution >= 4 is 17.3 Å². The minimum Gasteiger partial charge on any atom is -0.492 e. The van der Waals surface area contributed by atoms with Crippen molar-refractivity contribution in [2.75, 3.05) is 12.3 Å². The quantitative estimate of drug-likeness (QED) is 0.598. The predicted octanol–water partition coefficient (Wildman–Crippen LogP) is 3.10. The van der Waals surface area contributed by atoms with Crippen LogP contribution < -0.4 is 10.5 Å². The molecule has 1 aromatic rings. The van der Waals surface area contributed by atoms with Crippen molar-refractivity contribution in [2.45, 2.75) is 19.8 Å². The third kappa shape index (κ3) is 3.15. The standard InChI is InChI=1S/C10H14ClNO/c1-2-3-6-13-10-5-4-8(12)7-9(10)11/h4-5,7H,2-3,6,12H2,1H3. The fourth-order valence-electron chi connectivity index (χ4n) is 0.961. The molecule has 0 heterocycles. The maximum Gasteiger partial charge on any atom is 0.138 e. The van der Waals surface area contributed by atoms with Gasteiger partial charge in [0.1, 0.15) is 5.75 Å². The number of benzene rings is 1. The molecular formula is C10H14ClNO. The molecule has 0 fully saturated rings. The number of rotatable bonds is 4. The van der Waals surface area contributed by atoms with Crippen molar-refractivity contribution in [3.05, 3.63) is 23.2 Å². The predicted molar refractivity (Wildman–Crippen MR) is 56.3 cm³/mol. The Morgan fingerprint density at radius 2 is 2.23 bits per heavy atom. The van der Waals surface area contributed by atoms with Crippen molar-refractivity contribution in [1.82, 2.24) is 0 Å². The Hall–Kier alpha value is -0.890. The number of ether oxygens (including phenoxy) is 1. The lowest BCUT2D eigenvalue weighted by atomic mass is 10.3. The van der Waals surface area contributed by atoms with Crippen LogP contribution in [0.3, 0.4) is 0 Å². The zero-order chi connectivity index (χ0) is 9.68. The maximum atomic E-state index is 5.90. The average Bonchev–Trinajstić information content (AvgIpc) is 2.09. The summed E-state index contributed by atoms with van der Waals surface area (Å²) in [5.74, 6) is 0.712. The van der Waals surface area contributed by atoms with E-state index in [1.807, 2.05) is 0 Å². The van der Waals surface area contributed by atoms with Crippen molar-refractivity contribution in [3.8, 4) is 5.75 Å². The van der Waals surface area contributed by atoms with Gasteiger partial charge in [-0.05, 0) is 24.6 Å². The summed E-state index contributed by atoms with van der Waals surface area (Å²) in [5, 5.41) is 0.580. The first-order valence-electron chi connectivity index (χ1n) is 4.42. The van der Waals surface area contributed by atoms with E-state index in [0.29, 0.717) is 23.1 Å². The topological polar surface area (TPSA) is 35.2 Å². The van der Waals surface area contributed by atoms with E-state index in [9.17, 15) is 0 Å². The second-order valence-corrected chi connectivity index (χ2v) is 3.30. The first-order chi connectivity index (χ1) is 6.24. The normalized spacial score (nSPS) is 10.0. The molecule has 2 nitrogen and oxygen atoms in total. The van der Waals surface area contributed by atoms with Gasteiger partial charge < -0.3 is 10.5 Å². The number of unbranched alkanes of at least 4 members (excludes halogenated alkanes) is 1. The van der Waals surface area contributed by atoms with Crippen molar-refractivity contribution < 1.29 is 4.74 Å². The third-order valence-electron chi connectivity index (χ3n) is 1.71. The summed E-state index contributed by atoms with van der Waals surface area (Å²) in [6.45, 7) is 2.83. The first kappa shape index (κ1) is 10.2. The zero-order valence-electron chi connectivity index (χ0n) is 7.72. The summed E-state index contributed by atoms with van der Waals surface area (Å²) in [6.07, 6.45) is 2.16. The Morgan fingerprint density at radius 1 is 1.46 bits per heavy atom. The maximum absolute atomic E-state index is 5.90. The first-order valence-corrected chi connectivity index (χ1v) is 4.79. The lowest BCUT2D eigenvalue weighted by molar-refractivity contribution is 0.309. The Balaban J connectivity index is 2.56. The molecule has 0 atom stereocenters. The van der Waals surface area contributed by atoms with Crippen LogP contribution in [-0.2, 0) is 0 Å². The van der Waals surface area contributed by atoms with Crippen LogP contribution in [0.1, 0.15) is 19.8 Å². The summed E-state index contributed by atoms with van der Waals surface area (Å²) in [7, 11) is 0. The van der Waals surface area contributed by atoms with Gasteiger partial charge in [0, 0.05) is 5.69 Å². The molecule has 1 aromatic carbocycles. The molecule has 0 aliphatic heterocycles. The Morgan fingerprint density at radius 3 is 2.85 bits per heavy atom. The van der Waals surface area contributed by atoms with Gasteiger partial charge in [-0.3, -0.25) is 0 Å². The minimum absolute atomic E-state index is 0.580. The molecule has 0 bridgehead atoms. The summed E-state index contributed by atoms with van der Waals surface area (Å²) < 4.78 is 5.44. The van der Waals surface area contributed by atoms with Crippen LogP contribution >= 0.6 is 11.6 Å². The number of nitrogens with two attached hydrogens (primary N) is 1. The molecule has 0 aliphatic rings. The molecule has 0 aliphatic carbocycles. The van der Waals surface area contributed by atoms with Crippen LogP contribution in [0.25, 0.3) is 0 Å². The molecule has 0 radical (unpaired) electrons. The van der Waals surface area contributed by atoms with E-state index in [1.54, 1.807) is 18.2 Å². The Bertz CT molecular complexity index is 276. The van der Waals surface area contributed by atoms with E-state index in [4.69, 9.17) is 22.1 Å². The highest BCUT2D eigenvalue weighted by Gasteiger charge is 2.00. The van der Waals surface area contributed by atoms with E-state index in [2.05, 4.69) is 6.92 Å². The largest absolute Gasteiger partial charge is 0.492 e. The van der Waals surface area contributed by atoms with Crippen molar-refractivity contribution in [3.63, 3.8) is 0 Å². The zero-order valence-corrected chi connectivity index (χ0v) is 8.47. The van der Waals surface area contributed by atoms with Gasteiger partial charge in [-0.25, -0.2) is 0 Å². The van der Waals surface area contributed by atoms with E-state index in [-0.39, 0.29) is 0 Å². The summed E-state index contributed by atoms with van der Waals surface area (Å²) in [5.41, 5.74) is 6.20. The summed E-state index contributed by atoms with van der Waals surface area (Å²) in [6, 6.07) is 5.28. The Labute approximate surface area is 83.6 Å². The molecular weight excluding hydrogens is 186 g/mol. The second-order valence-electron chi connectivity index (χ2n) is 2.89. The molecule has 13 heavy (non-hydrogen) atoms. The van der Waals surface area contributed by atoms with Gasteiger partial charge in [0.15, 0.2) is 0 Å².